The summed E-state index contributed by atoms with van der Waals surface area (Å²) in [6.45, 7) is 2.31. The predicted molar refractivity (Wildman–Crippen MR) is 73.9 cm³/mol. The van der Waals surface area contributed by atoms with Gasteiger partial charge < -0.3 is 5.73 Å². The van der Waals surface area contributed by atoms with E-state index in [0.717, 1.165) is 12.8 Å². The van der Waals surface area contributed by atoms with Gasteiger partial charge in [-0.25, -0.2) is 0 Å². The third-order valence-corrected chi connectivity index (χ3v) is 4.68. The maximum absolute atomic E-state index is 6.47. The first kappa shape index (κ1) is 12.6. The molecule has 1 atom stereocenters. The highest BCUT2D eigenvalue weighted by Crippen LogP contribution is 2.44. The monoisotopic (exact) mass is 231 g/mol. The van der Waals surface area contributed by atoms with Crippen molar-refractivity contribution in [1.82, 2.24) is 0 Å². The second kappa shape index (κ2) is 5.68. The molecule has 17 heavy (non-hydrogen) atoms. The first-order valence-electron chi connectivity index (χ1n) is 7.06. The highest BCUT2D eigenvalue weighted by atomic mass is 14.7. The molecule has 1 heteroatoms. The summed E-state index contributed by atoms with van der Waals surface area (Å²) >= 11 is 0. The fourth-order valence-electron chi connectivity index (χ4n) is 3.34. The molecule has 0 bridgehead atoms. The molecular formula is C16H25N. The van der Waals surface area contributed by atoms with Gasteiger partial charge in [-0.15, -0.1) is 0 Å². The molecule has 94 valence electrons. The lowest BCUT2D eigenvalue weighted by molar-refractivity contribution is 0.211. The van der Waals surface area contributed by atoms with Gasteiger partial charge in [0.05, 0.1) is 0 Å². The minimum Gasteiger partial charge on any atom is -0.327 e. The van der Waals surface area contributed by atoms with Gasteiger partial charge in [0, 0.05) is 6.04 Å². The van der Waals surface area contributed by atoms with Gasteiger partial charge in [0.2, 0.25) is 0 Å². The molecule has 0 amide bonds. The van der Waals surface area contributed by atoms with Crippen LogP contribution >= 0.6 is 0 Å². The van der Waals surface area contributed by atoms with Crippen molar-refractivity contribution in [2.24, 2.45) is 11.1 Å². The number of nitrogens with two attached hydrogens (primary N) is 1. The normalized spacial score (nSPS) is 20.4. The zero-order valence-electron chi connectivity index (χ0n) is 11.0. The van der Waals surface area contributed by atoms with Crippen molar-refractivity contribution in [3.05, 3.63) is 35.9 Å². The summed E-state index contributed by atoms with van der Waals surface area (Å²) in [5.74, 6) is 0. The molecule has 1 unspecified atom stereocenters. The second-order valence-corrected chi connectivity index (χ2v) is 5.55. The number of benzene rings is 1. The second-order valence-electron chi connectivity index (χ2n) is 5.55. The summed E-state index contributed by atoms with van der Waals surface area (Å²) in [6.07, 6.45) is 8.98. The molecule has 1 aromatic rings. The van der Waals surface area contributed by atoms with Crippen LogP contribution < -0.4 is 5.73 Å². The first-order valence-corrected chi connectivity index (χ1v) is 7.06. The van der Waals surface area contributed by atoms with Crippen molar-refractivity contribution < 1.29 is 0 Å². The van der Waals surface area contributed by atoms with Gasteiger partial charge in [0.25, 0.3) is 0 Å². The van der Waals surface area contributed by atoms with Crippen LogP contribution in [0.5, 0.6) is 0 Å². The Hall–Kier alpha value is -0.820. The van der Waals surface area contributed by atoms with Gasteiger partial charge in [-0.1, -0.05) is 50.1 Å². The van der Waals surface area contributed by atoms with E-state index in [-0.39, 0.29) is 0 Å². The third kappa shape index (κ3) is 2.90. The summed E-state index contributed by atoms with van der Waals surface area (Å²) < 4.78 is 0. The number of aryl methyl sites for hydroxylation is 1. The number of rotatable bonds is 5. The van der Waals surface area contributed by atoms with Crippen LogP contribution in [0.15, 0.2) is 30.3 Å². The Labute approximate surface area is 105 Å². The van der Waals surface area contributed by atoms with Gasteiger partial charge in [0.15, 0.2) is 0 Å². The lowest BCUT2D eigenvalue weighted by atomic mass is 9.74. The first-order chi connectivity index (χ1) is 8.27. The average molecular weight is 231 g/mol. The third-order valence-electron chi connectivity index (χ3n) is 4.68. The minimum absolute atomic E-state index is 0.384. The van der Waals surface area contributed by atoms with Crippen LogP contribution in [0.1, 0.15) is 51.0 Å². The van der Waals surface area contributed by atoms with Crippen LogP contribution in [0.25, 0.3) is 0 Å². The lowest BCUT2D eigenvalue weighted by Crippen LogP contribution is -2.39. The van der Waals surface area contributed by atoms with Gasteiger partial charge >= 0.3 is 0 Å². The van der Waals surface area contributed by atoms with E-state index >= 15 is 0 Å². The molecule has 1 fully saturated rings. The number of hydrogen-bond donors (Lipinski definition) is 1. The van der Waals surface area contributed by atoms with Crippen molar-refractivity contribution in [3.8, 4) is 0 Å². The van der Waals surface area contributed by atoms with Crippen molar-refractivity contribution >= 4 is 0 Å². The summed E-state index contributed by atoms with van der Waals surface area (Å²) in [6, 6.07) is 11.1. The zero-order chi connectivity index (χ0) is 12.1. The molecule has 0 radical (unpaired) electrons. The van der Waals surface area contributed by atoms with Crippen molar-refractivity contribution in [3.63, 3.8) is 0 Å². The molecule has 0 spiro atoms. The summed E-state index contributed by atoms with van der Waals surface area (Å²) in [5.41, 5.74) is 8.35. The molecule has 1 saturated carbocycles. The summed E-state index contributed by atoms with van der Waals surface area (Å²) in [7, 11) is 0. The molecule has 1 aliphatic carbocycles. The van der Waals surface area contributed by atoms with E-state index < -0.39 is 0 Å². The maximum Gasteiger partial charge on any atom is 0.00986 e. The average Bonchev–Trinajstić information content (AvgIpc) is 2.87. The molecule has 0 aliphatic heterocycles. The number of hydrogen-bond acceptors (Lipinski definition) is 1. The van der Waals surface area contributed by atoms with E-state index in [1.165, 1.54) is 37.7 Å². The van der Waals surface area contributed by atoms with E-state index in [2.05, 4.69) is 37.3 Å². The Morgan fingerprint density at radius 2 is 1.82 bits per heavy atom. The smallest absolute Gasteiger partial charge is 0.00986 e. The largest absolute Gasteiger partial charge is 0.327 e. The lowest BCUT2D eigenvalue weighted by Gasteiger charge is -2.34. The van der Waals surface area contributed by atoms with Crippen LogP contribution in [0.2, 0.25) is 0 Å². The van der Waals surface area contributed by atoms with E-state index in [1.54, 1.807) is 0 Å². The van der Waals surface area contributed by atoms with Crippen molar-refractivity contribution in [2.75, 3.05) is 0 Å². The highest BCUT2D eigenvalue weighted by Gasteiger charge is 2.37. The predicted octanol–water partition coefficient (Wildman–Crippen LogP) is 3.92. The summed E-state index contributed by atoms with van der Waals surface area (Å²) in [5, 5.41) is 0. The minimum atomic E-state index is 0.384. The Bertz CT molecular complexity index is 325. The molecule has 0 aromatic heterocycles. The van der Waals surface area contributed by atoms with Crippen molar-refractivity contribution in [1.29, 1.82) is 0 Å². The van der Waals surface area contributed by atoms with Crippen LogP contribution in [0.3, 0.4) is 0 Å². The fourth-order valence-corrected chi connectivity index (χ4v) is 3.34. The molecule has 0 heterocycles. The fraction of sp³-hybridized carbons (Fsp3) is 0.625. The SMILES string of the molecule is CCC1(C(N)CCc2ccccc2)CCCC1. The van der Waals surface area contributed by atoms with Crippen LogP contribution in [0.4, 0.5) is 0 Å². The molecule has 1 nitrogen and oxygen atoms in total. The maximum atomic E-state index is 6.47. The quantitative estimate of drug-likeness (QED) is 0.816. The topological polar surface area (TPSA) is 26.0 Å². The van der Waals surface area contributed by atoms with E-state index in [4.69, 9.17) is 5.73 Å². The Morgan fingerprint density at radius 3 is 2.41 bits per heavy atom. The summed E-state index contributed by atoms with van der Waals surface area (Å²) in [4.78, 5) is 0. The van der Waals surface area contributed by atoms with Gasteiger partial charge in [-0.05, 0) is 43.1 Å². The zero-order valence-corrected chi connectivity index (χ0v) is 11.0. The molecular weight excluding hydrogens is 206 g/mol. The molecule has 2 rings (SSSR count). The van der Waals surface area contributed by atoms with E-state index in [9.17, 15) is 0 Å². The Balaban J connectivity index is 1.90. The Morgan fingerprint density at radius 1 is 1.18 bits per heavy atom. The van der Waals surface area contributed by atoms with Crippen LogP contribution in [-0.4, -0.2) is 6.04 Å². The molecule has 2 N–H and O–H groups in total. The van der Waals surface area contributed by atoms with Gasteiger partial charge in [0.1, 0.15) is 0 Å². The van der Waals surface area contributed by atoms with Crippen LogP contribution in [0, 0.1) is 5.41 Å². The standard InChI is InChI=1S/C16H25N/c1-2-16(12-6-7-13-16)15(17)11-10-14-8-4-3-5-9-14/h3-5,8-9,15H,2,6-7,10-13,17H2,1H3. The molecule has 1 aromatic carbocycles. The van der Waals surface area contributed by atoms with Gasteiger partial charge in [-0.3, -0.25) is 0 Å². The van der Waals surface area contributed by atoms with E-state index in [0.29, 0.717) is 11.5 Å². The van der Waals surface area contributed by atoms with Crippen LogP contribution in [-0.2, 0) is 6.42 Å². The van der Waals surface area contributed by atoms with E-state index in [1.807, 2.05) is 0 Å². The highest BCUT2D eigenvalue weighted by molar-refractivity contribution is 5.15. The van der Waals surface area contributed by atoms with Crippen molar-refractivity contribution in [2.45, 2.75) is 57.9 Å². The molecule has 1 aliphatic rings. The van der Waals surface area contributed by atoms with Gasteiger partial charge in [-0.2, -0.15) is 0 Å². The Kier molecular flexibility index (Phi) is 4.22. The molecule has 0 saturated heterocycles.